The third-order valence-electron chi connectivity index (χ3n) is 4.29. The zero-order valence-electron chi connectivity index (χ0n) is 15.1. The number of nitrogens with zero attached hydrogens (tertiary/aromatic N) is 3. The Labute approximate surface area is 163 Å². The van der Waals surface area contributed by atoms with Crippen LogP contribution in [0.15, 0.2) is 60.9 Å². The van der Waals surface area contributed by atoms with Crippen LogP contribution in [0.5, 0.6) is 0 Å². The SMILES string of the molecule is Cc1cccc(Nc2n[nH]c3ncnc(N[C@@H](C)c4ccccc4)c23)c1.Cl. The fourth-order valence-electron chi connectivity index (χ4n) is 2.95. The highest BCUT2D eigenvalue weighted by Crippen LogP contribution is 2.30. The zero-order chi connectivity index (χ0) is 17.9. The molecule has 0 amide bonds. The molecule has 0 bridgehead atoms. The maximum absolute atomic E-state index is 4.44. The van der Waals surface area contributed by atoms with Crippen molar-refractivity contribution in [1.29, 1.82) is 0 Å². The first kappa shape index (κ1) is 18.7. The van der Waals surface area contributed by atoms with Gasteiger partial charge in [0, 0.05) is 11.7 Å². The second-order valence-electron chi connectivity index (χ2n) is 6.29. The predicted molar refractivity (Wildman–Crippen MR) is 112 cm³/mol. The Kier molecular flexibility index (Phi) is 5.57. The normalized spacial score (nSPS) is 11.6. The summed E-state index contributed by atoms with van der Waals surface area (Å²) in [5.74, 6) is 1.45. The number of halogens is 1. The molecule has 0 aliphatic rings. The van der Waals surface area contributed by atoms with Gasteiger partial charge in [-0.2, -0.15) is 5.10 Å². The van der Waals surface area contributed by atoms with Crippen molar-refractivity contribution in [2.75, 3.05) is 10.6 Å². The molecule has 0 aliphatic heterocycles. The molecule has 0 spiro atoms. The van der Waals surface area contributed by atoms with E-state index in [4.69, 9.17) is 0 Å². The second-order valence-corrected chi connectivity index (χ2v) is 6.29. The van der Waals surface area contributed by atoms with Crippen molar-refractivity contribution in [3.05, 3.63) is 72.1 Å². The molecule has 7 heteroatoms. The number of rotatable bonds is 5. The van der Waals surface area contributed by atoms with Crippen LogP contribution in [0, 0.1) is 6.92 Å². The lowest BCUT2D eigenvalue weighted by Crippen LogP contribution is -2.08. The Morgan fingerprint density at radius 3 is 2.56 bits per heavy atom. The van der Waals surface area contributed by atoms with Crippen LogP contribution in [0.3, 0.4) is 0 Å². The molecule has 4 rings (SSSR count). The number of H-pyrrole nitrogens is 1. The van der Waals surface area contributed by atoms with Gasteiger partial charge in [0.25, 0.3) is 0 Å². The summed E-state index contributed by atoms with van der Waals surface area (Å²) >= 11 is 0. The molecule has 6 nitrogen and oxygen atoms in total. The molecule has 2 aromatic heterocycles. The van der Waals surface area contributed by atoms with E-state index >= 15 is 0 Å². The maximum Gasteiger partial charge on any atom is 0.165 e. The molecule has 0 unspecified atom stereocenters. The molecule has 4 aromatic rings. The topological polar surface area (TPSA) is 78.5 Å². The molecule has 2 heterocycles. The van der Waals surface area contributed by atoms with E-state index in [1.54, 1.807) is 0 Å². The average molecular weight is 381 g/mol. The first-order chi connectivity index (χ1) is 12.7. The Morgan fingerprint density at radius 2 is 1.78 bits per heavy atom. The van der Waals surface area contributed by atoms with E-state index in [2.05, 4.69) is 68.9 Å². The van der Waals surface area contributed by atoms with Crippen LogP contribution >= 0.6 is 12.4 Å². The van der Waals surface area contributed by atoms with Crippen molar-refractivity contribution < 1.29 is 0 Å². The molecule has 2 aromatic carbocycles. The molecule has 138 valence electrons. The molecule has 0 radical (unpaired) electrons. The van der Waals surface area contributed by atoms with E-state index in [0.29, 0.717) is 11.5 Å². The Balaban J connectivity index is 0.00000210. The van der Waals surface area contributed by atoms with Crippen molar-refractivity contribution in [3.8, 4) is 0 Å². The number of anilines is 3. The van der Waals surface area contributed by atoms with Gasteiger partial charge >= 0.3 is 0 Å². The smallest absolute Gasteiger partial charge is 0.165 e. The van der Waals surface area contributed by atoms with Gasteiger partial charge in [0.05, 0.1) is 0 Å². The zero-order valence-corrected chi connectivity index (χ0v) is 15.9. The van der Waals surface area contributed by atoms with Gasteiger partial charge < -0.3 is 10.6 Å². The summed E-state index contributed by atoms with van der Waals surface area (Å²) in [7, 11) is 0. The average Bonchev–Trinajstić information content (AvgIpc) is 3.06. The third-order valence-corrected chi connectivity index (χ3v) is 4.29. The Hall–Kier alpha value is -3.12. The molecule has 3 N–H and O–H groups in total. The number of hydrogen-bond acceptors (Lipinski definition) is 5. The fraction of sp³-hybridized carbons (Fsp3) is 0.150. The van der Waals surface area contributed by atoms with Gasteiger partial charge in [-0.05, 0) is 37.1 Å². The van der Waals surface area contributed by atoms with Gasteiger partial charge in [-0.3, -0.25) is 5.10 Å². The van der Waals surface area contributed by atoms with Crippen molar-refractivity contribution in [1.82, 2.24) is 20.2 Å². The lowest BCUT2D eigenvalue weighted by Gasteiger charge is -2.15. The monoisotopic (exact) mass is 380 g/mol. The summed E-state index contributed by atoms with van der Waals surface area (Å²) in [4.78, 5) is 8.73. The van der Waals surface area contributed by atoms with Gasteiger partial charge in [0.2, 0.25) is 0 Å². The van der Waals surface area contributed by atoms with Crippen molar-refractivity contribution in [3.63, 3.8) is 0 Å². The van der Waals surface area contributed by atoms with Crippen LogP contribution in [0.1, 0.15) is 24.1 Å². The van der Waals surface area contributed by atoms with E-state index in [1.807, 2.05) is 30.3 Å². The molecular weight excluding hydrogens is 360 g/mol. The van der Waals surface area contributed by atoms with E-state index in [1.165, 1.54) is 17.5 Å². The molecule has 0 saturated heterocycles. The van der Waals surface area contributed by atoms with Crippen molar-refractivity contribution >= 4 is 40.8 Å². The summed E-state index contributed by atoms with van der Waals surface area (Å²) in [6.07, 6.45) is 1.54. The first-order valence-corrected chi connectivity index (χ1v) is 8.55. The predicted octanol–water partition coefficient (Wildman–Crippen LogP) is 5.00. The number of aromatic amines is 1. The van der Waals surface area contributed by atoms with Gasteiger partial charge in [-0.1, -0.05) is 42.5 Å². The highest BCUT2D eigenvalue weighted by molar-refractivity contribution is 5.97. The lowest BCUT2D eigenvalue weighted by atomic mass is 10.1. The number of benzene rings is 2. The van der Waals surface area contributed by atoms with Crippen LogP contribution < -0.4 is 10.6 Å². The van der Waals surface area contributed by atoms with E-state index in [9.17, 15) is 0 Å². The quantitative estimate of drug-likeness (QED) is 0.454. The van der Waals surface area contributed by atoms with Gasteiger partial charge in [-0.25, -0.2) is 9.97 Å². The van der Waals surface area contributed by atoms with Crippen LogP contribution in [0.25, 0.3) is 11.0 Å². The summed E-state index contributed by atoms with van der Waals surface area (Å²) in [5.41, 5.74) is 4.04. The van der Waals surface area contributed by atoms with Gasteiger partial charge in [0.1, 0.15) is 17.5 Å². The van der Waals surface area contributed by atoms with Crippen molar-refractivity contribution in [2.24, 2.45) is 0 Å². The highest BCUT2D eigenvalue weighted by Gasteiger charge is 2.15. The van der Waals surface area contributed by atoms with Crippen LogP contribution in [0.4, 0.5) is 17.3 Å². The van der Waals surface area contributed by atoms with Crippen LogP contribution in [-0.4, -0.2) is 20.2 Å². The second kappa shape index (κ2) is 8.05. The molecule has 27 heavy (non-hydrogen) atoms. The fourth-order valence-corrected chi connectivity index (χ4v) is 2.95. The summed E-state index contributed by atoms with van der Waals surface area (Å²) in [6, 6.07) is 18.5. The summed E-state index contributed by atoms with van der Waals surface area (Å²) < 4.78 is 0. The Morgan fingerprint density at radius 1 is 0.963 bits per heavy atom. The number of hydrogen-bond donors (Lipinski definition) is 3. The molecule has 1 atom stereocenters. The third kappa shape index (κ3) is 4.01. The molecule has 0 fully saturated rings. The minimum Gasteiger partial charge on any atom is -0.363 e. The van der Waals surface area contributed by atoms with Crippen LogP contribution in [0.2, 0.25) is 0 Å². The largest absolute Gasteiger partial charge is 0.363 e. The standard InChI is InChI=1S/C20H20N6.ClH/c1-13-7-6-10-16(11-13)24-20-17-18(21-12-22-19(17)25-26-20)23-14(2)15-8-4-3-5-9-15;/h3-12,14H,1-2H3,(H3,21,22,23,24,25,26);1H/t14-;/m0./s1. The van der Waals surface area contributed by atoms with Crippen molar-refractivity contribution in [2.45, 2.75) is 19.9 Å². The van der Waals surface area contributed by atoms with E-state index in [0.717, 1.165) is 16.9 Å². The molecule has 0 saturated carbocycles. The minimum atomic E-state index is 0. The number of aromatic nitrogens is 4. The highest BCUT2D eigenvalue weighted by atomic mass is 35.5. The minimum absolute atomic E-state index is 0. The van der Waals surface area contributed by atoms with Crippen LogP contribution in [-0.2, 0) is 0 Å². The maximum atomic E-state index is 4.44. The molecule has 0 aliphatic carbocycles. The number of fused-ring (bicyclic) bond motifs is 1. The summed E-state index contributed by atoms with van der Waals surface area (Å²) in [5, 5.41) is 15.0. The van der Waals surface area contributed by atoms with Gasteiger partial charge in [-0.15, -0.1) is 12.4 Å². The lowest BCUT2D eigenvalue weighted by molar-refractivity contribution is 0.876. The van der Waals surface area contributed by atoms with E-state index in [-0.39, 0.29) is 18.4 Å². The van der Waals surface area contributed by atoms with Gasteiger partial charge in [0.15, 0.2) is 11.5 Å². The first-order valence-electron chi connectivity index (χ1n) is 8.55. The number of aryl methyl sites for hydroxylation is 1. The summed E-state index contributed by atoms with van der Waals surface area (Å²) in [6.45, 7) is 4.17. The molecular formula is C20H21ClN6. The Bertz CT molecular complexity index is 1030. The van der Waals surface area contributed by atoms with E-state index < -0.39 is 0 Å². The number of nitrogens with one attached hydrogen (secondary N) is 3.